The van der Waals surface area contributed by atoms with Crippen LogP contribution in [0.3, 0.4) is 0 Å². The summed E-state index contributed by atoms with van der Waals surface area (Å²) in [7, 11) is 0. The number of ketones is 1. The Bertz CT molecular complexity index is 735. The summed E-state index contributed by atoms with van der Waals surface area (Å²) in [6, 6.07) is 15.5. The molecule has 0 bridgehead atoms. The second kappa shape index (κ2) is 7.54. The monoisotopic (exact) mass is 341 g/mol. The molecule has 124 valence electrons. The minimum atomic E-state index is 0.148. The quantitative estimate of drug-likeness (QED) is 0.814. The van der Waals surface area contributed by atoms with E-state index in [4.69, 9.17) is 16.3 Å². The summed E-state index contributed by atoms with van der Waals surface area (Å²) in [5, 5.41) is 4.06. The fourth-order valence-electron chi connectivity index (χ4n) is 2.94. The van der Waals surface area contributed by atoms with Gasteiger partial charge < -0.3 is 10.1 Å². The van der Waals surface area contributed by atoms with Crippen LogP contribution in [-0.2, 0) is 4.79 Å². The SMILES string of the molecule is CCOc1ccc(NC2=CC(=O)C[C@H](c3ccc(Cl)cc3)C2)cc1. The van der Waals surface area contributed by atoms with Gasteiger partial charge in [0, 0.05) is 28.9 Å². The van der Waals surface area contributed by atoms with Crippen LogP contribution in [0.2, 0.25) is 5.02 Å². The molecule has 1 N–H and O–H groups in total. The first-order valence-electron chi connectivity index (χ1n) is 8.13. The number of ether oxygens (including phenoxy) is 1. The average Bonchev–Trinajstić information content (AvgIpc) is 2.57. The highest BCUT2D eigenvalue weighted by Crippen LogP contribution is 2.32. The van der Waals surface area contributed by atoms with Crippen molar-refractivity contribution in [3.63, 3.8) is 0 Å². The van der Waals surface area contributed by atoms with Crippen LogP contribution in [0.25, 0.3) is 0 Å². The lowest BCUT2D eigenvalue weighted by Crippen LogP contribution is -2.16. The maximum atomic E-state index is 12.1. The molecule has 3 rings (SSSR count). The third-order valence-electron chi connectivity index (χ3n) is 4.06. The number of hydrogen-bond acceptors (Lipinski definition) is 3. The molecule has 1 atom stereocenters. The van der Waals surface area contributed by atoms with Crippen LogP contribution in [0.1, 0.15) is 31.2 Å². The van der Waals surface area contributed by atoms with Crippen molar-refractivity contribution in [2.45, 2.75) is 25.7 Å². The third-order valence-corrected chi connectivity index (χ3v) is 4.31. The van der Waals surface area contributed by atoms with Gasteiger partial charge in [-0.25, -0.2) is 0 Å². The first kappa shape index (κ1) is 16.6. The van der Waals surface area contributed by atoms with E-state index < -0.39 is 0 Å². The summed E-state index contributed by atoms with van der Waals surface area (Å²) >= 11 is 5.95. The Kier molecular flexibility index (Phi) is 5.21. The van der Waals surface area contributed by atoms with E-state index >= 15 is 0 Å². The number of carbonyl (C=O) groups excluding carboxylic acids is 1. The van der Waals surface area contributed by atoms with E-state index in [0.29, 0.717) is 18.1 Å². The van der Waals surface area contributed by atoms with E-state index in [1.165, 1.54) is 0 Å². The van der Waals surface area contributed by atoms with Gasteiger partial charge in [0.15, 0.2) is 5.78 Å². The predicted octanol–water partition coefficient (Wildman–Crippen LogP) is 5.18. The average molecular weight is 342 g/mol. The van der Waals surface area contributed by atoms with Crippen LogP contribution in [0, 0.1) is 0 Å². The molecule has 0 saturated heterocycles. The fourth-order valence-corrected chi connectivity index (χ4v) is 3.06. The van der Waals surface area contributed by atoms with Crippen LogP contribution >= 0.6 is 11.6 Å². The standard InChI is InChI=1S/C20H20ClNO2/c1-2-24-20-9-7-17(8-10-20)22-18-11-15(12-19(23)13-18)14-3-5-16(21)6-4-14/h3-10,13,15,22H,2,11-12H2,1H3/t15-/m1/s1. The maximum Gasteiger partial charge on any atom is 0.158 e. The smallest absolute Gasteiger partial charge is 0.158 e. The van der Waals surface area contributed by atoms with E-state index in [-0.39, 0.29) is 11.7 Å². The van der Waals surface area contributed by atoms with Gasteiger partial charge in [0.05, 0.1) is 6.61 Å². The molecule has 4 heteroatoms. The van der Waals surface area contributed by atoms with Crippen molar-refractivity contribution < 1.29 is 9.53 Å². The first-order valence-corrected chi connectivity index (χ1v) is 8.50. The van der Waals surface area contributed by atoms with Gasteiger partial charge >= 0.3 is 0 Å². The Labute approximate surface area is 147 Å². The Morgan fingerprint density at radius 2 is 1.79 bits per heavy atom. The largest absolute Gasteiger partial charge is 0.494 e. The summed E-state index contributed by atoms with van der Waals surface area (Å²) < 4.78 is 5.45. The van der Waals surface area contributed by atoms with Crippen molar-refractivity contribution in [2.75, 3.05) is 11.9 Å². The van der Waals surface area contributed by atoms with Crippen molar-refractivity contribution >= 4 is 23.1 Å². The zero-order valence-corrected chi connectivity index (χ0v) is 14.3. The van der Waals surface area contributed by atoms with Crippen LogP contribution in [0.15, 0.2) is 60.3 Å². The van der Waals surface area contributed by atoms with Crippen molar-refractivity contribution in [3.8, 4) is 5.75 Å². The predicted molar refractivity (Wildman–Crippen MR) is 97.8 cm³/mol. The Hall–Kier alpha value is -2.26. The molecule has 3 nitrogen and oxygen atoms in total. The van der Waals surface area contributed by atoms with E-state index in [0.717, 1.165) is 29.1 Å². The van der Waals surface area contributed by atoms with Crippen LogP contribution in [0.5, 0.6) is 5.75 Å². The van der Waals surface area contributed by atoms with Gasteiger partial charge in [-0.15, -0.1) is 0 Å². The number of rotatable bonds is 5. The number of carbonyl (C=O) groups is 1. The summed E-state index contributed by atoms with van der Waals surface area (Å²) in [5.41, 5.74) is 3.04. The molecule has 0 amide bonds. The molecule has 2 aromatic carbocycles. The second-order valence-corrected chi connectivity index (χ2v) is 6.31. The van der Waals surface area contributed by atoms with Gasteiger partial charge in [-0.3, -0.25) is 4.79 Å². The summed E-state index contributed by atoms with van der Waals surface area (Å²) in [5.74, 6) is 1.18. The van der Waals surface area contributed by atoms with Crippen molar-refractivity contribution in [2.24, 2.45) is 0 Å². The zero-order valence-electron chi connectivity index (χ0n) is 13.6. The number of hydrogen-bond donors (Lipinski definition) is 1. The topological polar surface area (TPSA) is 38.3 Å². The molecular formula is C20H20ClNO2. The molecule has 1 aliphatic rings. The lowest BCUT2D eigenvalue weighted by molar-refractivity contribution is -0.115. The molecule has 0 aliphatic heterocycles. The molecule has 0 spiro atoms. The molecule has 0 radical (unpaired) electrons. The molecule has 0 aromatic heterocycles. The molecule has 0 fully saturated rings. The van der Waals surface area contributed by atoms with E-state index in [1.807, 2.05) is 55.5 Å². The lowest BCUT2D eigenvalue weighted by Gasteiger charge is -2.23. The number of nitrogens with one attached hydrogen (secondary N) is 1. The lowest BCUT2D eigenvalue weighted by atomic mass is 9.85. The van der Waals surface area contributed by atoms with E-state index in [9.17, 15) is 4.79 Å². The number of benzene rings is 2. The number of anilines is 1. The highest BCUT2D eigenvalue weighted by atomic mass is 35.5. The Balaban J connectivity index is 1.71. The maximum absolute atomic E-state index is 12.1. The van der Waals surface area contributed by atoms with Crippen LogP contribution in [0.4, 0.5) is 5.69 Å². The van der Waals surface area contributed by atoms with Crippen molar-refractivity contribution in [1.29, 1.82) is 0 Å². The molecule has 0 unspecified atom stereocenters. The number of halogens is 1. The van der Waals surface area contributed by atoms with E-state index in [2.05, 4.69) is 5.32 Å². The van der Waals surface area contributed by atoms with Gasteiger partial charge in [0.1, 0.15) is 5.75 Å². The highest BCUT2D eigenvalue weighted by Gasteiger charge is 2.22. The van der Waals surface area contributed by atoms with Gasteiger partial charge in [-0.2, -0.15) is 0 Å². The van der Waals surface area contributed by atoms with Gasteiger partial charge in [-0.05, 0) is 61.2 Å². The zero-order chi connectivity index (χ0) is 16.9. The van der Waals surface area contributed by atoms with Crippen molar-refractivity contribution in [3.05, 3.63) is 70.9 Å². The summed E-state index contributed by atoms with van der Waals surface area (Å²) in [6.07, 6.45) is 3.06. The van der Waals surface area contributed by atoms with Gasteiger partial charge in [0.25, 0.3) is 0 Å². The summed E-state index contributed by atoms with van der Waals surface area (Å²) in [6.45, 7) is 2.61. The molecule has 24 heavy (non-hydrogen) atoms. The van der Waals surface area contributed by atoms with Gasteiger partial charge in [0.2, 0.25) is 0 Å². The first-order chi connectivity index (χ1) is 11.6. The van der Waals surface area contributed by atoms with Crippen LogP contribution < -0.4 is 10.1 Å². The van der Waals surface area contributed by atoms with Crippen LogP contribution in [-0.4, -0.2) is 12.4 Å². The molecule has 0 heterocycles. The Morgan fingerprint density at radius 1 is 1.08 bits per heavy atom. The highest BCUT2D eigenvalue weighted by molar-refractivity contribution is 6.30. The molecular weight excluding hydrogens is 322 g/mol. The minimum absolute atomic E-state index is 0.148. The Morgan fingerprint density at radius 3 is 2.46 bits per heavy atom. The second-order valence-electron chi connectivity index (χ2n) is 5.88. The summed E-state index contributed by atoms with van der Waals surface area (Å²) in [4.78, 5) is 12.1. The third kappa shape index (κ3) is 4.18. The molecule has 2 aromatic rings. The van der Waals surface area contributed by atoms with Gasteiger partial charge in [-0.1, -0.05) is 23.7 Å². The fraction of sp³-hybridized carbons (Fsp3) is 0.250. The van der Waals surface area contributed by atoms with Crippen molar-refractivity contribution in [1.82, 2.24) is 0 Å². The van der Waals surface area contributed by atoms with E-state index in [1.54, 1.807) is 6.08 Å². The molecule has 0 saturated carbocycles. The normalized spacial score (nSPS) is 17.3. The minimum Gasteiger partial charge on any atom is -0.494 e. The molecule has 1 aliphatic carbocycles. The number of allylic oxidation sites excluding steroid dienone is 2.